The standard InChI is InChI=1S/C10H14O2S/c1-3-11-10(2,13)12-9-7-5-4-6-8-9/h4-8,13H,3H2,1-2H3. The number of hydrogen-bond acceptors (Lipinski definition) is 3. The van der Waals surface area contributed by atoms with Crippen molar-refractivity contribution in [2.75, 3.05) is 6.61 Å². The second kappa shape index (κ2) is 4.53. The lowest BCUT2D eigenvalue weighted by atomic mass is 10.3. The van der Waals surface area contributed by atoms with Gasteiger partial charge in [0.25, 0.3) is 5.12 Å². The summed E-state index contributed by atoms with van der Waals surface area (Å²) < 4.78 is 10.8. The van der Waals surface area contributed by atoms with Crippen LogP contribution in [0.4, 0.5) is 0 Å². The fourth-order valence-corrected chi connectivity index (χ4v) is 1.24. The minimum atomic E-state index is -0.851. The summed E-state index contributed by atoms with van der Waals surface area (Å²) in [4.78, 5) is 0. The first-order valence-corrected chi connectivity index (χ1v) is 4.69. The second-order valence-corrected chi connectivity index (χ2v) is 3.56. The molecule has 72 valence electrons. The number of thiol groups is 1. The molecule has 1 rings (SSSR count). The Balaban J connectivity index is 2.58. The summed E-state index contributed by atoms with van der Waals surface area (Å²) in [6.07, 6.45) is 0. The first kappa shape index (κ1) is 10.4. The van der Waals surface area contributed by atoms with Gasteiger partial charge in [0.05, 0.1) is 0 Å². The van der Waals surface area contributed by atoms with E-state index < -0.39 is 5.12 Å². The Morgan fingerprint density at radius 1 is 1.31 bits per heavy atom. The molecule has 0 N–H and O–H groups in total. The van der Waals surface area contributed by atoms with E-state index in [1.54, 1.807) is 6.92 Å². The molecule has 1 aromatic carbocycles. The Bertz CT molecular complexity index is 246. The van der Waals surface area contributed by atoms with Gasteiger partial charge in [-0.1, -0.05) is 18.2 Å². The van der Waals surface area contributed by atoms with Gasteiger partial charge in [-0.05, 0) is 19.1 Å². The molecule has 0 heterocycles. The number of rotatable bonds is 4. The zero-order valence-electron chi connectivity index (χ0n) is 7.86. The van der Waals surface area contributed by atoms with Crippen LogP contribution in [0.2, 0.25) is 0 Å². The van der Waals surface area contributed by atoms with Crippen LogP contribution in [0.25, 0.3) is 0 Å². The summed E-state index contributed by atoms with van der Waals surface area (Å²) in [7, 11) is 0. The molecule has 2 nitrogen and oxygen atoms in total. The third kappa shape index (κ3) is 3.70. The summed E-state index contributed by atoms with van der Waals surface area (Å²) in [5.41, 5.74) is 0. The Labute approximate surface area is 84.3 Å². The molecule has 1 atom stereocenters. The fourth-order valence-electron chi connectivity index (χ4n) is 1.00. The molecule has 0 saturated heterocycles. The van der Waals surface area contributed by atoms with E-state index in [1.807, 2.05) is 37.3 Å². The molecule has 0 spiro atoms. The van der Waals surface area contributed by atoms with Crippen molar-refractivity contribution in [1.82, 2.24) is 0 Å². The van der Waals surface area contributed by atoms with Crippen molar-refractivity contribution in [2.45, 2.75) is 19.0 Å². The van der Waals surface area contributed by atoms with Gasteiger partial charge in [0.2, 0.25) is 0 Å². The van der Waals surface area contributed by atoms with Crippen LogP contribution in [-0.4, -0.2) is 11.7 Å². The van der Waals surface area contributed by atoms with Gasteiger partial charge in [0, 0.05) is 13.5 Å². The lowest BCUT2D eigenvalue weighted by Gasteiger charge is -2.24. The van der Waals surface area contributed by atoms with Crippen LogP contribution in [-0.2, 0) is 4.74 Å². The van der Waals surface area contributed by atoms with Crippen LogP contribution >= 0.6 is 12.6 Å². The number of hydrogen-bond donors (Lipinski definition) is 1. The van der Waals surface area contributed by atoms with Gasteiger partial charge >= 0.3 is 0 Å². The average Bonchev–Trinajstić information content (AvgIpc) is 2.04. The van der Waals surface area contributed by atoms with Crippen LogP contribution in [0, 0.1) is 0 Å². The van der Waals surface area contributed by atoms with E-state index >= 15 is 0 Å². The molecule has 0 aliphatic rings. The topological polar surface area (TPSA) is 18.5 Å². The normalized spacial score (nSPS) is 15.0. The van der Waals surface area contributed by atoms with Crippen LogP contribution in [0.1, 0.15) is 13.8 Å². The molecule has 0 radical (unpaired) electrons. The van der Waals surface area contributed by atoms with Crippen molar-refractivity contribution in [3.05, 3.63) is 30.3 Å². The smallest absolute Gasteiger partial charge is 0.254 e. The first-order chi connectivity index (χ1) is 6.14. The molecule has 0 amide bonds. The highest BCUT2D eigenvalue weighted by molar-refractivity contribution is 7.81. The molecule has 0 saturated carbocycles. The molecule has 0 aliphatic carbocycles. The minimum absolute atomic E-state index is 0.576. The zero-order valence-corrected chi connectivity index (χ0v) is 8.75. The molecule has 13 heavy (non-hydrogen) atoms. The molecule has 1 unspecified atom stereocenters. The zero-order chi connectivity index (χ0) is 9.73. The van der Waals surface area contributed by atoms with Crippen molar-refractivity contribution < 1.29 is 9.47 Å². The van der Waals surface area contributed by atoms with Gasteiger partial charge in [0.15, 0.2) is 0 Å². The summed E-state index contributed by atoms with van der Waals surface area (Å²) in [6.45, 7) is 4.25. The molecular weight excluding hydrogens is 184 g/mol. The maximum absolute atomic E-state index is 5.48. The molecule has 1 aromatic rings. The maximum Gasteiger partial charge on any atom is 0.254 e. The minimum Gasteiger partial charge on any atom is -0.453 e. The van der Waals surface area contributed by atoms with Crippen LogP contribution in [0.5, 0.6) is 5.75 Å². The van der Waals surface area contributed by atoms with Gasteiger partial charge in [-0.3, -0.25) is 0 Å². The summed E-state index contributed by atoms with van der Waals surface area (Å²) in [5, 5.41) is -0.851. The van der Waals surface area contributed by atoms with E-state index in [4.69, 9.17) is 9.47 Å². The third-order valence-corrected chi connectivity index (χ3v) is 1.68. The predicted octanol–water partition coefficient (Wildman–Crippen LogP) is 2.71. The predicted molar refractivity (Wildman–Crippen MR) is 56.1 cm³/mol. The summed E-state index contributed by atoms with van der Waals surface area (Å²) >= 11 is 4.23. The van der Waals surface area contributed by atoms with E-state index in [0.717, 1.165) is 5.75 Å². The largest absolute Gasteiger partial charge is 0.453 e. The Hall–Kier alpha value is -0.670. The molecule has 0 bridgehead atoms. The Morgan fingerprint density at radius 3 is 2.46 bits per heavy atom. The SMILES string of the molecule is CCOC(C)(S)Oc1ccccc1. The summed E-state index contributed by atoms with van der Waals surface area (Å²) in [6, 6.07) is 9.49. The number of ether oxygens (including phenoxy) is 2. The highest BCUT2D eigenvalue weighted by Gasteiger charge is 2.20. The second-order valence-electron chi connectivity index (χ2n) is 2.75. The van der Waals surface area contributed by atoms with Crippen molar-refractivity contribution in [2.24, 2.45) is 0 Å². The lowest BCUT2D eigenvalue weighted by Crippen LogP contribution is -2.28. The van der Waals surface area contributed by atoms with Gasteiger partial charge < -0.3 is 9.47 Å². The quantitative estimate of drug-likeness (QED) is 0.592. The molecule has 0 aromatic heterocycles. The van der Waals surface area contributed by atoms with Crippen molar-refractivity contribution in [3.8, 4) is 5.75 Å². The Morgan fingerprint density at radius 2 is 1.92 bits per heavy atom. The lowest BCUT2D eigenvalue weighted by molar-refractivity contribution is -0.0907. The van der Waals surface area contributed by atoms with Gasteiger partial charge in [-0.2, -0.15) is 0 Å². The van der Waals surface area contributed by atoms with Crippen molar-refractivity contribution in [1.29, 1.82) is 0 Å². The molecule has 3 heteroatoms. The van der Waals surface area contributed by atoms with Gasteiger partial charge in [0.1, 0.15) is 5.75 Å². The van der Waals surface area contributed by atoms with Crippen LogP contribution in [0.15, 0.2) is 30.3 Å². The molecule has 0 fully saturated rings. The van der Waals surface area contributed by atoms with E-state index in [0.29, 0.717) is 6.61 Å². The molecule has 0 aliphatic heterocycles. The maximum atomic E-state index is 5.48. The van der Waals surface area contributed by atoms with E-state index in [1.165, 1.54) is 0 Å². The summed E-state index contributed by atoms with van der Waals surface area (Å²) in [5.74, 6) is 0.758. The van der Waals surface area contributed by atoms with Crippen LogP contribution in [0.3, 0.4) is 0 Å². The number of benzene rings is 1. The first-order valence-electron chi connectivity index (χ1n) is 4.24. The third-order valence-electron chi connectivity index (χ3n) is 1.46. The van der Waals surface area contributed by atoms with Gasteiger partial charge in [-0.15, -0.1) is 12.6 Å². The Kier molecular flexibility index (Phi) is 3.63. The molecular formula is C10H14O2S. The highest BCUT2D eigenvalue weighted by Crippen LogP contribution is 2.21. The monoisotopic (exact) mass is 198 g/mol. The fraction of sp³-hybridized carbons (Fsp3) is 0.400. The van der Waals surface area contributed by atoms with Crippen LogP contribution < -0.4 is 4.74 Å². The average molecular weight is 198 g/mol. The van der Waals surface area contributed by atoms with E-state index in [2.05, 4.69) is 12.6 Å². The van der Waals surface area contributed by atoms with Crippen molar-refractivity contribution in [3.63, 3.8) is 0 Å². The van der Waals surface area contributed by atoms with E-state index in [9.17, 15) is 0 Å². The van der Waals surface area contributed by atoms with E-state index in [-0.39, 0.29) is 0 Å². The number of para-hydroxylation sites is 1. The van der Waals surface area contributed by atoms with Crippen molar-refractivity contribution >= 4 is 12.6 Å². The highest BCUT2D eigenvalue weighted by atomic mass is 32.1. The van der Waals surface area contributed by atoms with Gasteiger partial charge in [-0.25, -0.2) is 0 Å².